The highest BCUT2D eigenvalue weighted by atomic mass is 16.6. The number of hydrazine groups is 1. The molecule has 1 saturated carbocycles. The molecule has 0 radical (unpaired) electrons. The van der Waals surface area contributed by atoms with Gasteiger partial charge in [0.05, 0.1) is 6.04 Å². The van der Waals surface area contributed by atoms with Gasteiger partial charge in [-0.2, -0.15) is 0 Å². The van der Waals surface area contributed by atoms with E-state index < -0.39 is 11.7 Å². The van der Waals surface area contributed by atoms with Crippen LogP contribution in [0.1, 0.15) is 45.2 Å². The van der Waals surface area contributed by atoms with Gasteiger partial charge in [-0.1, -0.05) is 30.3 Å². The molecule has 1 aliphatic carbocycles. The fraction of sp³-hybridized carbons (Fsp3) is 0.533. The van der Waals surface area contributed by atoms with E-state index in [9.17, 15) is 4.79 Å². The molecule has 1 aliphatic rings. The second-order valence-corrected chi connectivity index (χ2v) is 6.00. The average Bonchev–Trinajstić information content (AvgIpc) is 3.13. The lowest BCUT2D eigenvalue weighted by Gasteiger charge is -2.23. The third-order valence-corrected chi connectivity index (χ3v) is 2.98. The van der Waals surface area contributed by atoms with Crippen molar-refractivity contribution in [3.63, 3.8) is 0 Å². The Hall–Kier alpha value is -1.55. The molecule has 0 aromatic heterocycles. The standard InChI is InChI=1S/C15H22N2O2/c1-15(2,3)19-14(18)17-16-13(12-9-10-12)11-7-5-4-6-8-11/h4-8,12-13,16H,9-10H2,1-3H3,(H,17,18). The Morgan fingerprint density at radius 2 is 1.89 bits per heavy atom. The first-order chi connectivity index (χ1) is 8.96. The lowest BCUT2D eigenvalue weighted by molar-refractivity contribution is 0.0485. The number of benzene rings is 1. The van der Waals surface area contributed by atoms with Crippen LogP contribution in [0.5, 0.6) is 0 Å². The molecular weight excluding hydrogens is 240 g/mol. The summed E-state index contributed by atoms with van der Waals surface area (Å²) < 4.78 is 5.21. The summed E-state index contributed by atoms with van der Waals surface area (Å²) in [4.78, 5) is 11.6. The van der Waals surface area contributed by atoms with Gasteiger partial charge in [-0.3, -0.25) is 5.43 Å². The van der Waals surface area contributed by atoms with Gasteiger partial charge in [0.2, 0.25) is 0 Å². The number of carbonyl (C=O) groups is 1. The maximum atomic E-state index is 11.6. The highest BCUT2D eigenvalue weighted by molar-refractivity contribution is 5.67. The van der Waals surface area contributed by atoms with Gasteiger partial charge in [-0.05, 0) is 45.1 Å². The van der Waals surface area contributed by atoms with Gasteiger partial charge in [0.15, 0.2) is 0 Å². The van der Waals surface area contributed by atoms with E-state index in [-0.39, 0.29) is 6.04 Å². The summed E-state index contributed by atoms with van der Waals surface area (Å²) in [5.41, 5.74) is 6.46. The summed E-state index contributed by atoms with van der Waals surface area (Å²) in [6, 6.07) is 10.3. The van der Waals surface area contributed by atoms with Crippen LogP contribution < -0.4 is 10.9 Å². The van der Waals surface area contributed by atoms with Gasteiger partial charge in [0.25, 0.3) is 0 Å². The van der Waals surface area contributed by atoms with E-state index in [1.165, 1.54) is 18.4 Å². The quantitative estimate of drug-likeness (QED) is 0.819. The van der Waals surface area contributed by atoms with Crippen LogP contribution in [-0.2, 0) is 4.74 Å². The fourth-order valence-corrected chi connectivity index (χ4v) is 2.00. The van der Waals surface area contributed by atoms with E-state index in [2.05, 4.69) is 23.0 Å². The minimum Gasteiger partial charge on any atom is -0.443 e. The Morgan fingerprint density at radius 3 is 2.42 bits per heavy atom. The molecule has 2 N–H and O–H groups in total. The number of ether oxygens (including phenoxy) is 1. The molecule has 19 heavy (non-hydrogen) atoms. The zero-order chi connectivity index (χ0) is 13.9. The van der Waals surface area contributed by atoms with Crippen LogP contribution in [0.25, 0.3) is 0 Å². The van der Waals surface area contributed by atoms with Crippen molar-refractivity contribution in [2.24, 2.45) is 5.92 Å². The molecule has 0 spiro atoms. The van der Waals surface area contributed by atoms with Crippen LogP contribution in [-0.4, -0.2) is 11.7 Å². The van der Waals surface area contributed by atoms with Crippen molar-refractivity contribution < 1.29 is 9.53 Å². The molecule has 1 aromatic carbocycles. The van der Waals surface area contributed by atoms with E-state index >= 15 is 0 Å². The van der Waals surface area contributed by atoms with Crippen molar-refractivity contribution in [2.75, 3.05) is 0 Å². The van der Waals surface area contributed by atoms with E-state index in [0.29, 0.717) is 5.92 Å². The smallest absolute Gasteiger partial charge is 0.422 e. The minimum absolute atomic E-state index is 0.161. The summed E-state index contributed by atoms with van der Waals surface area (Å²) in [6.45, 7) is 5.55. The van der Waals surface area contributed by atoms with E-state index in [0.717, 1.165) is 0 Å². The van der Waals surface area contributed by atoms with Gasteiger partial charge >= 0.3 is 6.09 Å². The van der Waals surface area contributed by atoms with Gasteiger partial charge < -0.3 is 4.74 Å². The lowest BCUT2D eigenvalue weighted by Crippen LogP contribution is -2.43. The van der Waals surface area contributed by atoms with E-state index in [1.807, 2.05) is 39.0 Å². The molecule has 1 unspecified atom stereocenters. The van der Waals surface area contributed by atoms with Crippen molar-refractivity contribution in [2.45, 2.75) is 45.3 Å². The van der Waals surface area contributed by atoms with Crippen molar-refractivity contribution >= 4 is 6.09 Å². The summed E-state index contributed by atoms with van der Waals surface area (Å²) in [5, 5.41) is 0. The average molecular weight is 262 g/mol. The van der Waals surface area contributed by atoms with Gasteiger partial charge in [-0.25, -0.2) is 10.2 Å². The third kappa shape index (κ3) is 4.56. The molecule has 0 bridgehead atoms. The molecule has 104 valence electrons. The predicted octanol–water partition coefficient (Wildman–Crippen LogP) is 3.17. The lowest BCUT2D eigenvalue weighted by atomic mass is 10.0. The molecule has 1 amide bonds. The SMILES string of the molecule is CC(C)(C)OC(=O)NNC(c1ccccc1)C1CC1. The first-order valence-corrected chi connectivity index (χ1v) is 6.75. The Bertz CT molecular complexity index is 422. The summed E-state index contributed by atoms with van der Waals surface area (Å²) in [6.07, 6.45) is 1.96. The third-order valence-electron chi connectivity index (χ3n) is 2.98. The van der Waals surface area contributed by atoms with Crippen LogP contribution in [0.15, 0.2) is 30.3 Å². The summed E-state index contributed by atoms with van der Waals surface area (Å²) >= 11 is 0. The Kier molecular flexibility index (Phi) is 4.10. The zero-order valence-corrected chi connectivity index (χ0v) is 11.8. The molecule has 1 fully saturated rings. The maximum absolute atomic E-state index is 11.6. The van der Waals surface area contributed by atoms with E-state index in [1.54, 1.807) is 0 Å². The van der Waals surface area contributed by atoms with Crippen molar-refractivity contribution in [3.05, 3.63) is 35.9 Å². The minimum atomic E-state index is -0.479. The highest BCUT2D eigenvalue weighted by Gasteiger charge is 2.32. The molecular formula is C15H22N2O2. The number of hydrogen-bond donors (Lipinski definition) is 2. The largest absolute Gasteiger partial charge is 0.443 e. The first-order valence-electron chi connectivity index (χ1n) is 6.75. The van der Waals surface area contributed by atoms with Crippen LogP contribution in [0.2, 0.25) is 0 Å². The second kappa shape index (κ2) is 5.61. The van der Waals surface area contributed by atoms with Crippen molar-refractivity contribution in [1.82, 2.24) is 10.9 Å². The first kappa shape index (κ1) is 13.9. The summed E-state index contributed by atoms with van der Waals surface area (Å²) in [7, 11) is 0. The molecule has 1 aromatic rings. The monoisotopic (exact) mass is 262 g/mol. The van der Waals surface area contributed by atoms with Crippen molar-refractivity contribution in [1.29, 1.82) is 0 Å². The van der Waals surface area contributed by atoms with Crippen molar-refractivity contribution in [3.8, 4) is 0 Å². The Morgan fingerprint density at radius 1 is 1.26 bits per heavy atom. The van der Waals surface area contributed by atoms with Crippen LogP contribution in [0, 0.1) is 5.92 Å². The predicted molar refractivity (Wildman–Crippen MR) is 74.4 cm³/mol. The Labute approximate surface area is 114 Å². The topological polar surface area (TPSA) is 50.4 Å². The Balaban J connectivity index is 1.90. The number of nitrogens with one attached hydrogen (secondary N) is 2. The van der Waals surface area contributed by atoms with E-state index in [4.69, 9.17) is 4.74 Å². The molecule has 0 saturated heterocycles. The normalized spacial score (nSPS) is 16.8. The number of amides is 1. The molecule has 0 aliphatic heterocycles. The van der Waals surface area contributed by atoms with Crippen LogP contribution in [0.4, 0.5) is 4.79 Å². The molecule has 1 atom stereocenters. The fourth-order valence-electron chi connectivity index (χ4n) is 2.00. The highest BCUT2D eigenvalue weighted by Crippen LogP contribution is 2.40. The van der Waals surface area contributed by atoms with Crippen LogP contribution >= 0.6 is 0 Å². The van der Waals surface area contributed by atoms with Gasteiger partial charge in [0.1, 0.15) is 5.60 Å². The second-order valence-electron chi connectivity index (χ2n) is 6.00. The molecule has 2 rings (SSSR count). The van der Waals surface area contributed by atoms with Gasteiger partial charge in [-0.15, -0.1) is 0 Å². The molecule has 0 heterocycles. The number of carbonyl (C=O) groups excluding carboxylic acids is 1. The molecule has 4 nitrogen and oxygen atoms in total. The van der Waals surface area contributed by atoms with Gasteiger partial charge in [0, 0.05) is 0 Å². The van der Waals surface area contributed by atoms with Crippen LogP contribution in [0.3, 0.4) is 0 Å². The zero-order valence-electron chi connectivity index (χ0n) is 11.8. The maximum Gasteiger partial charge on any atom is 0.422 e. The molecule has 4 heteroatoms. The number of hydrogen-bond acceptors (Lipinski definition) is 3. The number of rotatable bonds is 4. The summed E-state index contributed by atoms with van der Waals surface area (Å²) in [5.74, 6) is 0.595.